The fourth-order valence-electron chi connectivity index (χ4n) is 9.32. The predicted octanol–water partition coefficient (Wildman–Crippen LogP) is 17.5. The van der Waals surface area contributed by atoms with Crippen molar-refractivity contribution < 1.29 is 24.5 Å². The lowest BCUT2D eigenvalue weighted by molar-refractivity contribution is -0.151. The molecule has 0 aromatic heterocycles. The van der Waals surface area contributed by atoms with E-state index in [4.69, 9.17) is 4.74 Å². The summed E-state index contributed by atoms with van der Waals surface area (Å²) in [6.45, 7) is 6.53. The van der Waals surface area contributed by atoms with Crippen molar-refractivity contribution in [2.24, 2.45) is 0 Å². The summed E-state index contributed by atoms with van der Waals surface area (Å²) < 4.78 is 5.97. The minimum atomic E-state index is -0.779. The Hall–Kier alpha value is -1.14. The molecule has 63 heavy (non-hydrogen) atoms. The molecule has 0 aromatic carbocycles. The maximum Gasteiger partial charge on any atom is 0.306 e. The highest BCUT2D eigenvalue weighted by Gasteiger charge is 2.24. The van der Waals surface area contributed by atoms with Gasteiger partial charge in [-0.05, 0) is 25.7 Å². The number of esters is 1. The summed E-state index contributed by atoms with van der Waals surface area (Å²) in [5, 5.41) is 23.8. The summed E-state index contributed by atoms with van der Waals surface area (Å²) >= 11 is 0. The van der Waals surface area contributed by atoms with Crippen LogP contribution in [-0.4, -0.2) is 46.9 Å². The number of rotatable bonds is 53. The molecule has 0 rings (SSSR count). The molecular formula is C57H113NO5. The van der Waals surface area contributed by atoms with Crippen molar-refractivity contribution >= 4 is 11.9 Å². The molecule has 0 radical (unpaired) electrons. The van der Waals surface area contributed by atoms with Crippen LogP contribution in [0, 0.1) is 0 Å². The van der Waals surface area contributed by atoms with E-state index in [-0.39, 0.29) is 24.9 Å². The van der Waals surface area contributed by atoms with Gasteiger partial charge in [0.2, 0.25) is 5.91 Å². The van der Waals surface area contributed by atoms with Crippen LogP contribution in [0.25, 0.3) is 0 Å². The van der Waals surface area contributed by atoms with Gasteiger partial charge in [0.15, 0.2) is 0 Å². The maximum absolute atomic E-state index is 13.2. The van der Waals surface area contributed by atoms with Crippen LogP contribution in [0.3, 0.4) is 0 Å². The van der Waals surface area contributed by atoms with Gasteiger partial charge in [-0.25, -0.2) is 0 Å². The monoisotopic (exact) mass is 892 g/mol. The van der Waals surface area contributed by atoms with Crippen molar-refractivity contribution in [3.63, 3.8) is 0 Å². The van der Waals surface area contributed by atoms with Gasteiger partial charge in [-0.15, -0.1) is 0 Å². The van der Waals surface area contributed by atoms with Crippen LogP contribution in [0.4, 0.5) is 0 Å². The average Bonchev–Trinajstić information content (AvgIpc) is 3.28. The number of hydrogen-bond donors (Lipinski definition) is 3. The van der Waals surface area contributed by atoms with Crippen molar-refractivity contribution in [3.8, 4) is 0 Å². The first-order valence-electron chi connectivity index (χ1n) is 28.8. The summed E-state index contributed by atoms with van der Waals surface area (Å²) in [5.41, 5.74) is 0. The third kappa shape index (κ3) is 47.2. The first-order valence-corrected chi connectivity index (χ1v) is 28.8. The van der Waals surface area contributed by atoms with Gasteiger partial charge in [-0.1, -0.05) is 290 Å². The van der Waals surface area contributed by atoms with Crippen LogP contribution < -0.4 is 5.32 Å². The van der Waals surface area contributed by atoms with E-state index in [0.29, 0.717) is 19.3 Å². The molecule has 0 saturated carbocycles. The van der Waals surface area contributed by atoms with Crippen LogP contribution >= 0.6 is 0 Å². The second-order valence-corrected chi connectivity index (χ2v) is 20.1. The predicted molar refractivity (Wildman–Crippen MR) is 274 cm³/mol. The van der Waals surface area contributed by atoms with Gasteiger partial charge < -0.3 is 20.3 Å². The normalized spacial score (nSPS) is 13.0. The van der Waals surface area contributed by atoms with Crippen molar-refractivity contribution in [2.75, 3.05) is 6.61 Å². The van der Waals surface area contributed by atoms with Crippen LogP contribution in [0.5, 0.6) is 0 Å². The largest absolute Gasteiger partial charge is 0.462 e. The van der Waals surface area contributed by atoms with Gasteiger partial charge in [0.1, 0.15) is 6.10 Å². The Bertz CT molecular complexity index is 913. The summed E-state index contributed by atoms with van der Waals surface area (Å²) in [6, 6.07) is -0.692. The number of ether oxygens (including phenoxy) is 1. The van der Waals surface area contributed by atoms with Gasteiger partial charge in [-0.2, -0.15) is 0 Å². The Kier molecular flexibility index (Phi) is 50.9. The summed E-state index contributed by atoms with van der Waals surface area (Å²) in [4.78, 5) is 26.2. The molecule has 0 fully saturated rings. The number of nitrogens with one attached hydrogen (secondary N) is 1. The van der Waals surface area contributed by atoms with Crippen molar-refractivity contribution in [1.82, 2.24) is 5.32 Å². The first kappa shape index (κ1) is 61.9. The Morgan fingerprint density at radius 2 is 0.667 bits per heavy atom. The maximum atomic E-state index is 13.2. The Morgan fingerprint density at radius 3 is 0.968 bits per heavy atom. The fourth-order valence-corrected chi connectivity index (χ4v) is 9.32. The third-order valence-electron chi connectivity index (χ3n) is 13.7. The van der Waals surface area contributed by atoms with E-state index in [0.717, 1.165) is 38.5 Å². The van der Waals surface area contributed by atoms with E-state index in [2.05, 4.69) is 26.1 Å². The highest BCUT2D eigenvalue weighted by Crippen LogP contribution is 2.19. The summed E-state index contributed by atoms with van der Waals surface area (Å²) in [5.74, 6) is -0.445. The molecule has 0 aromatic rings. The number of amides is 1. The smallest absolute Gasteiger partial charge is 0.306 e. The topological polar surface area (TPSA) is 95.9 Å². The van der Waals surface area contributed by atoms with Crippen LogP contribution in [-0.2, 0) is 14.3 Å². The molecule has 6 heteroatoms. The van der Waals surface area contributed by atoms with Gasteiger partial charge >= 0.3 is 5.97 Å². The molecule has 6 nitrogen and oxygen atoms in total. The molecule has 0 aliphatic carbocycles. The van der Waals surface area contributed by atoms with Gasteiger partial charge in [-0.3, -0.25) is 9.59 Å². The highest BCUT2D eigenvalue weighted by atomic mass is 16.5. The number of carbonyl (C=O) groups is 2. The molecule has 0 spiro atoms. The second-order valence-electron chi connectivity index (χ2n) is 20.1. The van der Waals surface area contributed by atoms with E-state index >= 15 is 0 Å². The highest BCUT2D eigenvalue weighted by molar-refractivity contribution is 5.77. The molecule has 376 valence electrons. The standard InChI is InChI=1S/C57H113NO5/c1-4-7-10-13-16-19-22-25-26-27-28-29-32-35-38-41-44-47-50-57(62)63-53(48-45-42-39-36-33-30-23-20-17-14-11-8-5-2)51-56(61)58-54(52-59)55(60)49-46-43-40-37-34-31-24-21-18-15-12-9-6-3/h53-55,59-60H,4-52H2,1-3H3,(H,58,61). The number of aliphatic hydroxyl groups excluding tert-OH is 2. The molecule has 0 saturated heterocycles. The van der Waals surface area contributed by atoms with Gasteiger partial charge in [0.25, 0.3) is 0 Å². The van der Waals surface area contributed by atoms with Crippen molar-refractivity contribution in [3.05, 3.63) is 0 Å². The van der Waals surface area contributed by atoms with Crippen molar-refractivity contribution in [2.45, 2.75) is 347 Å². The fraction of sp³-hybridized carbons (Fsp3) is 0.965. The molecule has 3 unspecified atom stereocenters. The number of hydrogen-bond acceptors (Lipinski definition) is 5. The molecule has 0 bridgehead atoms. The zero-order chi connectivity index (χ0) is 45.9. The van der Waals surface area contributed by atoms with E-state index in [1.165, 1.54) is 244 Å². The summed E-state index contributed by atoms with van der Waals surface area (Å²) in [7, 11) is 0. The molecule has 3 atom stereocenters. The number of aliphatic hydroxyl groups is 2. The second kappa shape index (κ2) is 51.8. The Labute approximate surface area is 394 Å². The minimum Gasteiger partial charge on any atom is -0.462 e. The van der Waals surface area contributed by atoms with Crippen molar-refractivity contribution in [1.29, 1.82) is 0 Å². The Morgan fingerprint density at radius 1 is 0.397 bits per heavy atom. The van der Waals surface area contributed by atoms with Gasteiger partial charge in [0.05, 0.1) is 25.2 Å². The molecular weight excluding hydrogens is 779 g/mol. The molecule has 0 aliphatic heterocycles. The zero-order valence-electron chi connectivity index (χ0n) is 43.0. The lowest BCUT2D eigenvalue weighted by Crippen LogP contribution is -2.46. The molecule has 3 N–H and O–H groups in total. The van der Waals surface area contributed by atoms with E-state index < -0.39 is 18.2 Å². The lowest BCUT2D eigenvalue weighted by Gasteiger charge is -2.24. The first-order chi connectivity index (χ1) is 31.0. The summed E-state index contributed by atoms with van der Waals surface area (Å²) in [6.07, 6.45) is 57.4. The Balaban J connectivity index is 4.45. The van der Waals surface area contributed by atoms with Crippen LogP contribution in [0.1, 0.15) is 329 Å². The third-order valence-corrected chi connectivity index (χ3v) is 13.7. The van der Waals surface area contributed by atoms with Crippen LogP contribution in [0.2, 0.25) is 0 Å². The number of unbranched alkanes of at least 4 members (excludes halogenated alkanes) is 41. The zero-order valence-corrected chi connectivity index (χ0v) is 43.0. The van der Waals surface area contributed by atoms with E-state index in [9.17, 15) is 19.8 Å². The number of carbonyl (C=O) groups excluding carboxylic acids is 2. The van der Waals surface area contributed by atoms with E-state index in [1.54, 1.807) is 0 Å². The van der Waals surface area contributed by atoms with Crippen LogP contribution in [0.15, 0.2) is 0 Å². The SMILES string of the molecule is CCCCCCCCCCCCCCCCCCCCC(=O)OC(CCCCCCCCCCCCCCC)CC(=O)NC(CO)C(O)CCCCCCCCCCCCCCC. The molecule has 0 heterocycles. The quantitative estimate of drug-likeness (QED) is 0.0418. The minimum absolute atomic E-state index is 0.0884. The lowest BCUT2D eigenvalue weighted by atomic mass is 10.0. The average molecular weight is 893 g/mol. The van der Waals surface area contributed by atoms with E-state index in [1.807, 2.05) is 0 Å². The van der Waals surface area contributed by atoms with Gasteiger partial charge in [0, 0.05) is 6.42 Å². The molecule has 1 amide bonds. The molecule has 0 aliphatic rings.